The van der Waals surface area contributed by atoms with Crippen molar-refractivity contribution in [2.75, 3.05) is 61.6 Å². The highest BCUT2D eigenvalue weighted by Crippen LogP contribution is 2.35. The van der Waals surface area contributed by atoms with Crippen molar-refractivity contribution in [2.24, 2.45) is 5.92 Å². The van der Waals surface area contributed by atoms with E-state index in [1.54, 1.807) is 18.2 Å². The number of morpholine rings is 2. The maximum atomic E-state index is 13.5. The Labute approximate surface area is 241 Å². The molecular weight excluding hydrogens is 552 g/mol. The van der Waals surface area contributed by atoms with Crippen molar-refractivity contribution in [3.63, 3.8) is 0 Å². The number of anilines is 3. The predicted octanol–water partition coefficient (Wildman–Crippen LogP) is 3.32. The van der Waals surface area contributed by atoms with Gasteiger partial charge in [-0.1, -0.05) is 11.6 Å². The first-order chi connectivity index (χ1) is 20.0. The van der Waals surface area contributed by atoms with Crippen LogP contribution < -0.4 is 15.5 Å². The summed E-state index contributed by atoms with van der Waals surface area (Å²) in [4.78, 5) is 52.1. The second kappa shape index (κ2) is 12.0. The van der Waals surface area contributed by atoms with Gasteiger partial charge in [0.05, 0.1) is 24.8 Å². The van der Waals surface area contributed by atoms with Gasteiger partial charge in [-0.05, 0) is 49.9 Å². The van der Waals surface area contributed by atoms with Crippen LogP contribution in [0.4, 0.5) is 17.3 Å². The van der Waals surface area contributed by atoms with Crippen LogP contribution in [-0.4, -0.2) is 84.7 Å². The highest BCUT2D eigenvalue weighted by molar-refractivity contribution is 6.30. The molecule has 3 aromatic heterocycles. The minimum atomic E-state index is -0.574. The van der Waals surface area contributed by atoms with E-state index in [1.807, 2.05) is 11.0 Å². The summed E-state index contributed by atoms with van der Waals surface area (Å²) in [6.45, 7) is 3.79. The maximum Gasteiger partial charge on any atom is 0.294 e. The van der Waals surface area contributed by atoms with Crippen molar-refractivity contribution in [3.05, 3.63) is 41.2 Å². The molecule has 2 saturated heterocycles. The van der Waals surface area contributed by atoms with Gasteiger partial charge in [0.25, 0.3) is 5.91 Å². The highest BCUT2D eigenvalue weighted by atomic mass is 35.5. The monoisotopic (exact) mass is 582 g/mol. The van der Waals surface area contributed by atoms with Gasteiger partial charge in [-0.15, -0.1) is 0 Å². The normalized spacial score (nSPS) is 21.6. The summed E-state index contributed by atoms with van der Waals surface area (Å²) in [6.07, 6.45) is 4.13. The first-order valence-electron chi connectivity index (χ1n) is 13.8. The summed E-state index contributed by atoms with van der Waals surface area (Å²) in [6, 6.07) is 6.89. The number of carbonyl (C=O) groups is 3. The third kappa shape index (κ3) is 5.99. The minimum absolute atomic E-state index is 0.00185. The number of fused-ring (bicyclic) bond motifs is 1. The van der Waals surface area contributed by atoms with E-state index in [2.05, 4.69) is 20.5 Å². The van der Waals surface area contributed by atoms with Gasteiger partial charge < -0.3 is 34.3 Å². The van der Waals surface area contributed by atoms with Crippen LogP contribution in [0.2, 0.25) is 5.02 Å². The van der Waals surface area contributed by atoms with Crippen LogP contribution in [0.3, 0.4) is 0 Å². The van der Waals surface area contributed by atoms with E-state index in [0.29, 0.717) is 74.2 Å². The van der Waals surface area contributed by atoms with Gasteiger partial charge in [-0.25, -0.2) is 9.97 Å². The first-order valence-corrected chi connectivity index (χ1v) is 14.2. The summed E-state index contributed by atoms with van der Waals surface area (Å²) < 4.78 is 16.7. The van der Waals surface area contributed by atoms with Crippen LogP contribution in [-0.2, 0) is 19.1 Å². The van der Waals surface area contributed by atoms with Gasteiger partial charge in [-0.2, -0.15) is 0 Å². The van der Waals surface area contributed by atoms with Crippen LogP contribution in [0.25, 0.3) is 11.1 Å². The Morgan fingerprint density at radius 2 is 1.73 bits per heavy atom. The Morgan fingerprint density at radius 3 is 2.46 bits per heavy atom. The number of pyridine rings is 2. The van der Waals surface area contributed by atoms with Crippen molar-refractivity contribution in [1.29, 1.82) is 0 Å². The number of amides is 3. The number of nitrogens with zero attached hydrogens (tertiary/aromatic N) is 4. The third-order valence-corrected chi connectivity index (χ3v) is 8.03. The molecule has 6 rings (SSSR count). The summed E-state index contributed by atoms with van der Waals surface area (Å²) in [5.41, 5.74) is 0.988. The number of rotatable bonds is 6. The summed E-state index contributed by atoms with van der Waals surface area (Å²) >= 11 is 5.93. The lowest BCUT2D eigenvalue weighted by molar-refractivity contribution is -0.146. The molecule has 3 amide bonds. The van der Waals surface area contributed by atoms with Gasteiger partial charge in [0.15, 0.2) is 5.58 Å². The smallest absolute Gasteiger partial charge is 0.294 e. The summed E-state index contributed by atoms with van der Waals surface area (Å²) in [5.74, 6) is -0.128. The fourth-order valence-electron chi connectivity index (χ4n) is 5.62. The highest BCUT2D eigenvalue weighted by Gasteiger charge is 2.34. The molecule has 216 valence electrons. The fourth-order valence-corrected chi connectivity index (χ4v) is 5.74. The van der Waals surface area contributed by atoms with Crippen LogP contribution in [0.5, 0.6) is 0 Å². The van der Waals surface area contributed by atoms with Crippen molar-refractivity contribution in [2.45, 2.75) is 31.7 Å². The number of carbonyl (C=O) groups excluding carboxylic acids is 3. The molecule has 13 heteroatoms. The molecule has 1 aliphatic carbocycles. The molecular formula is C28H31ClN6O6. The van der Waals surface area contributed by atoms with Crippen LogP contribution in [0.15, 0.2) is 34.9 Å². The molecule has 12 nitrogen and oxygen atoms in total. The number of aromatic nitrogens is 2. The van der Waals surface area contributed by atoms with E-state index < -0.39 is 5.91 Å². The molecule has 0 bridgehead atoms. The fraction of sp³-hybridized carbons (Fsp3) is 0.464. The number of furan rings is 1. The summed E-state index contributed by atoms with van der Waals surface area (Å²) in [5, 5.41) is 6.12. The van der Waals surface area contributed by atoms with Crippen molar-refractivity contribution < 1.29 is 28.3 Å². The number of nitrogens with one attached hydrogen (secondary N) is 2. The van der Waals surface area contributed by atoms with E-state index in [1.165, 1.54) is 6.20 Å². The summed E-state index contributed by atoms with van der Waals surface area (Å²) in [7, 11) is 0. The topological polar surface area (TPSA) is 139 Å². The average molecular weight is 583 g/mol. The Hall–Kier alpha value is -3.74. The van der Waals surface area contributed by atoms with E-state index in [-0.39, 0.29) is 47.6 Å². The molecule has 3 aliphatic rings. The number of ether oxygens (including phenoxy) is 2. The number of halogens is 1. The van der Waals surface area contributed by atoms with Crippen LogP contribution >= 0.6 is 11.6 Å². The van der Waals surface area contributed by atoms with Crippen molar-refractivity contribution in [1.82, 2.24) is 14.9 Å². The van der Waals surface area contributed by atoms with E-state index >= 15 is 0 Å². The second-order valence-corrected chi connectivity index (χ2v) is 10.8. The molecule has 0 unspecified atom stereocenters. The quantitative estimate of drug-likeness (QED) is 0.448. The molecule has 2 aliphatic heterocycles. The predicted molar refractivity (Wildman–Crippen MR) is 151 cm³/mol. The lowest BCUT2D eigenvalue weighted by Gasteiger charge is -2.38. The zero-order valence-corrected chi connectivity index (χ0v) is 23.2. The number of hydrogen-bond donors (Lipinski definition) is 2. The van der Waals surface area contributed by atoms with Crippen molar-refractivity contribution in [3.8, 4) is 0 Å². The Kier molecular flexibility index (Phi) is 8.04. The Bertz CT molecular complexity index is 1430. The Balaban J connectivity index is 1.24. The molecule has 0 aromatic carbocycles. The van der Waals surface area contributed by atoms with Crippen LogP contribution in [0, 0.1) is 5.92 Å². The zero-order valence-electron chi connectivity index (χ0n) is 22.4. The first kappa shape index (κ1) is 27.4. The third-order valence-electron chi connectivity index (χ3n) is 7.81. The molecule has 3 fully saturated rings. The van der Waals surface area contributed by atoms with E-state index in [0.717, 1.165) is 12.8 Å². The average Bonchev–Trinajstić information content (AvgIpc) is 3.36. The minimum Gasteiger partial charge on any atom is -0.447 e. The standard InChI is InChI=1S/C28H31ClN6O6/c29-18-3-7-21(30-15-18)31-28(38)26-25(24-20(41-26)6-8-22(32-24)34-9-12-39-13-10-34)33-27(37)17-1-4-19(5-2-17)35-11-14-40-16-23(35)36/h3,6-8,15,17,19H,1-2,4-5,9-14,16H2,(H,33,37)(H,30,31,38). The van der Waals surface area contributed by atoms with Gasteiger partial charge in [0, 0.05) is 37.8 Å². The lowest BCUT2D eigenvalue weighted by Crippen LogP contribution is -2.49. The van der Waals surface area contributed by atoms with Crippen molar-refractivity contribution >= 4 is 57.7 Å². The molecule has 41 heavy (non-hydrogen) atoms. The molecule has 5 heterocycles. The lowest BCUT2D eigenvalue weighted by atomic mass is 9.84. The molecule has 0 radical (unpaired) electrons. The van der Waals surface area contributed by atoms with Gasteiger partial charge >= 0.3 is 0 Å². The van der Waals surface area contributed by atoms with Gasteiger partial charge in [0.1, 0.15) is 29.4 Å². The Morgan fingerprint density at radius 1 is 0.951 bits per heavy atom. The molecule has 0 spiro atoms. The van der Waals surface area contributed by atoms with Crippen LogP contribution in [0.1, 0.15) is 36.2 Å². The molecule has 0 atom stereocenters. The molecule has 1 saturated carbocycles. The SMILES string of the molecule is O=C(Nc1ccc(Cl)cn1)c1oc2ccc(N3CCOCC3)nc2c1NC(=O)C1CCC(N2CCOCC2=O)CC1. The second-order valence-electron chi connectivity index (χ2n) is 10.4. The van der Waals surface area contributed by atoms with Gasteiger partial charge in [0.2, 0.25) is 17.6 Å². The van der Waals surface area contributed by atoms with E-state index in [9.17, 15) is 14.4 Å². The largest absolute Gasteiger partial charge is 0.447 e. The molecule has 2 N–H and O–H groups in total. The van der Waals surface area contributed by atoms with Gasteiger partial charge in [-0.3, -0.25) is 14.4 Å². The molecule has 3 aromatic rings. The zero-order chi connectivity index (χ0) is 28.3. The van der Waals surface area contributed by atoms with E-state index in [4.69, 9.17) is 30.5 Å². The maximum absolute atomic E-state index is 13.5. The number of hydrogen-bond acceptors (Lipinski definition) is 9.